The number of nitrogens with one attached hydrogen (secondary N) is 1. The van der Waals surface area contributed by atoms with Crippen molar-refractivity contribution in [3.05, 3.63) is 58.6 Å². The van der Waals surface area contributed by atoms with Crippen molar-refractivity contribution >= 4 is 27.9 Å². The summed E-state index contributed by atoms with van der Waals surface area (Å²) >= 11 is 3.38. The second-order valence-electron chi connectivity index (χ2n) is 5.04. The van der Waals surface area contributed by atoms with Crippen LogP contribution in [-0.2, 0) is 4.79 Å². The van der Waals surface area contributed by atoms with Crippen molar-refractivity contribution < 1.29 is 19.0 Å². The second-order valence-corrected chi connectivity index (χ2v) is 5.96. The molecular weight excluding hydrogens is 374 g/mol. The summed E-state index contributed by atoms with van der Waals surface area (Å²) < 4.78 is 17.1. The second kappa shape index (κ2) is 7.88. The normalized spacial score (nSPS) is 12.4. The lowest BCUT2D eigenvalue weighted by Crippen LogP contribution is -2.26. The first-order chi connectivity index (χ1) is 11.7. The maximum atomic E-state index is 11.8. The highest BCUT2D eigenvalue weighted by atomic mass is 79.9. The molecule has 0 spiro atoms. The van der Waals surface area contributed by atoms with Gasteiger partial charge in [0.15, 0.2) is 11.5 Å². The third-order valence-electron chi connectivity index (χ3n) is 3.29. The molecule has 2 aromatic rings. The molecule has 2 aromatic carbocycles. The fraction of sp³-hybridized carbons (Fsp3) is 0.167. The van der Waals surface area contributed by atoms with Gasteiger partial charge in [0.2, 0.25) is 12.7 Å². The van der Waals surface area contributed by atoms with Crippen molar-refractivity contribution in [2.45, 2.75) is 0 Å². The van der Waals surface area contributed by atoms with Gasteiger partial charge in [-0.1, -0.05) is 28.1 Å². The third kappa shape index (κ3) is 4.52. The largest absolute Gasteiger partial charge is 0.492 e. The molecule has 1 N–H and O–H groups in total. The van der Waals surface area contributed by atoms with Crippen LogP contribution < -0.4 is 19.5 Å². The Labute approximate surface area is 148 Å². The molecule has 0 saturated heterocycles. The summed E-state index contributed by atoms with van der Waals surface area (Å²) in [4.78, 5) is 11.8. The molecule has 0 radical (unpaired) electrons. The Morgan fingerprint density at radius 1 is 1.21 bits per heavy atom. The number of rotatable bonds is 6. The predicted octanol–water partition coefficient (Wildman–Crippen LogP) is 3.39. The van der Waals surface area contributed by atoms with Gasteiger partial charge in [-0.2, -0.15) is 0 Å². The lowest BCUT2D eigenvalue weighted by molar-refractivity contribution is -0.116. The van der Waals surface area contributed by atoms with Crippen LogP contribution in [-0.4, -0.2) is 25.9 Å². The van der Waals surface area contributed by atoms with E-state index in [1.165, 1.54) is 6.08 Å². The summed E-state index contributed by atoms with van der Waals surface area (Å²) in [5.74, 6) is 2.00. The molecule has 6 heteroatoms. The first-order valence-electron chi connectivity index (χ1n) is 7.45. The molecule has 0 saturated carbocycles. The fourth-order valence-corrected chi connectivity index (χ4v) is 2.53. The highest BCUT2D eigenvalue weighted by molar-refractivity contribution is 9.10. The molecule has 24 heavy (non-hydrogen) atoms. The summed E-state index contributed by atoms with van der Waals surface area (Å²) in [6.07, 6.45) is 3.21. The van der Waals surface area contributed by atoms with Crippen LogP contribution in [0.3, 0.4) is 0 Å². The molecule has 0 aromatic heterocycles. The topological polar surface area (TPSA) is 56.8 Å². The zero-order chi connectivity index (χ0) is 16.8. The smallest absolute Gasteiger partial charge is 0.244 e. The van der Waals surface area contributed by atoms with Gasteiger partial charge < -0.3 is 19.5 Å². The van der Waals surface area contributed by atoms with Crippen LogP contribution in [0.4, 0.5) is 0 Å². The monoisotopic (exact) mass is 389 g/mol. The Hall–Kier alpha value is -2.47. The van der Waals surface area contributed by atoms with E-state index in [1.54, 1.807) is 6.08 Å². The first kappa shape index (κ1) is 16.4. The maximum absolute atomic E-state index is 11.8. The molecule has 1 aliphatic heterocycles. The number of benzene rings is 2. The molecule has 0 atom stereocenters. The fourth-order valence-electron chi connectivity index (χ4n) is 2.15. The van der Waals surface area contributed by atoms with E-state index in [2.05, 4.69) is 21.2 Å². The van der Waals surface area contributed by atoms with Crippen LogP contribution in [0.25, 0.3) is 6.08 Å². The predicted molar refractivity (Wildman–Crippen MR) is 94.2 cm³/mol. The van der Waals surface area contributed by atoms with Crippen molar-refractivity contribution in [2.75, 3.05) is 19.9 Å². The van der Waals surface area contributed by atoms with E-state index in [4.69, 9.17) is 14.2 Å². The van der Waals surface area contributed by atoms with Crippen molar-refractivity contribution in [3.63, 3.8) is 0 Å². The molecule has 0 bridgehead atoms. The van der Waals surface area contributed by atoms with Gasteiger partial charge in [0.05, 0.1) is 6.54 Å². The van der Waals surface area contributed by atoms with Crippen LogP contribution in [0.15, 0.2) is 53.0 Å². The summed E-state index contributed by atoms with van der Waals surface area (Å²) in [6.45, 7) is 1.07. The third-order valence-corrected chi connectivity index (χ3v) is 3.78. The summed E-state index contributed by atoms with van der Waals surface area (Å²) in [5.41, 5.74) is 0.875. The van der Waals surface area contributed by atoms with Crippen molar-refractivity contribution in [1.29, 1.82) is 0 Å². The average Bonchev–Trinajstić information content (AvgIpc) is 3.05. The summed E-state index contributed by atoms with van der Waals surface area (Å²) in [6, 6.07) is 13.1. The van der Waals surface area contributed by atoms with Gasteiger partial charge in [0.25, 0.3) is 0 Å². The Kier molecular flexibility index (Phi) is 5.38. The van der Waals surface area contributed by atoms with Crippen molar-refractivity contribution in [1.82, 2.24) is 5.32 Å². The maximum Gasteiger partial charge on any atom is 0.244 e. The van der Waals surface area contributed by atoms with Crippen LogP contribution in [0, 0.1) is 0 Å². The van der Waals surface area contributed by atoms with Crippen molar-refractivity contribution in [3.8, 4) is 17.2 Å². The quantitative estimate of drug-likeness (QED) is 0.607. The van der Waals surface area contributed by atoms with Crippen molar-refractivity contribution in [2.24, 2.45) is 0 Å². The number of fused-ring (bicyclic) bond motifs is 1. The lowest BCUT2D eigenvalue weighted by atomic mass is 10.2. The highest BCUT2D eigenvalue weighted by Gasteiger charge is 2.12. The molecule has 0 unspecified atom stereocenters. The van der Waals surface area contributed by atoms with Crippen LogP contribution >= 0.6 is 15.9 Å². The first-order valence-corrected chi connectivity index (χ1v) is 8.24. The van der Waals surface area contributed by atoms with Gasteiger partial charge in [-0.05, 0) is 42.0 Å². The molecule has 1 amide bonds. The van der Waals surface area contributed by atoms with Gasteiger partial charge >= 0.3 is 0 Å². The number of carbonyl (C=O) groups excluding carboxylic acids is 1. The van der Waals surface area contributed by atoms with E-state index in [0.29, 0.717) is 18.9 Å². The lowest BCUT2D eigenvalue weighted by Gasteiger charge is -2.06. The standard InChI is InChI=1S/C18H16BrNO4/c19-14-2-1-3-15(11-14)22-9-8-20-18(21)7-5-13-4-6-16-17(10-13)24-12-23-16/h1-7,10-11H,8-9,12H2,(H,20,21)/b7-5+. The van der Waals surface area contributed by atoms with Gasteiger partial charge in [-0.25, -0.2) is 0 Å². The molecule has 1 aliphatic rings. The molecule has 0 fully saturated rings. The Morgan fingerprint density at radius 3 is 2.96 bits per heavy atom. The molecule has 0 aliphatic carbocycles. The number of carbonyl (C=O) groups is 1. The number of hydrogen-bond donors (Lipinski definition) is 1. The number of halogens is 1. The van der Waals surface area contributed by atoms with Gasteiger partial charge in [-0.15, -0.1) is 0 Å². The van der Waals surface area contributed by atoms with Gasteiger partial charge in [-0.3, -0.25) is 4.79 Å². The van der Waals surface area contributed by atoms with E-state index >= 15 is 0 Å². The Balaban J connectivity index is 1.42. The minimum Gasteiger partial charge on any atom is -0.492 e. The number of ether oxygens (including phenoxy) is 3. The average molecular weight is 390 g/mol. The molecule has 3 rings (SSSR count). The summed E-state index contributed by atoms with van der Waals surface area (Å²) in [7, 11) is 0. The Morgan fingerprint density at radius 2 is 2.08 bits per heavy atom. The van der Waals surface area contributed by atoms with E-state index in [0.717, 1.165) is 21.5 Å². The molecule has 1 heterocycles. The SMILES string of the molecule is O=C(/C=C/c1ccc2c(c1)OCO2)NCCOc1cccc(Br)c1. The van der Waals surface area contributed by atoms with E-state index in [1.807, 2.05) is 42.5 Å². The van der Waals surface area contributed by atoms with Crippen LogP contribution in [0.5, 0.6) is 17.2 Å². The van der Waals surface area contributed by atoms with E-state index in [-0.39, 0.29) is 12.7 Å². The summed E-state index contributed by atoms with van der Waals surface area (Å²) in [5, 5.41) is 2.77. The molecule has 5 nitrogen and oxygen atoms in total. The Bertz CT molecular complexity index is 760. The minimum atomic E-state index is -0.175. The number of amides is 1. The van der Waals surface area contributed by atoms with Crippen LogP contribution in [0.2, 0.25) is 0 Å². The zero-order valence-corrected chi connectivity index (χ0v) is 14.4. The zero-order valence-electron chi connectivity index (χ0n) is 12.8. The van der Waals surface area contributed by atoms with Gasteiger partial charge in [0, 0.05) is 10.5 Å². The molecule has 124 valence electrons. The highest BCUT2D eigenvalue weighted by Crippen LogP contribution is 2.32. The van der Waals surface area contributed by atoms with E-state index < -0.39 is 0 Å². The minimum absolute atomic E-state index is 0.175. The van der Waals surface area contributed by atoms with Crippen LogP contribution in [0.1, 0.15) is 5.56 Å². The van der Waals surface area contributed by atoms with E-state index in [9.17, 15) is 4.79 Å². The van der Waals surface area contributed by atoms with Gasteiger partial charge in [0.1, 0.15) is 12.4 Å². The number of hydrogen-bond acceptors (Lipinski definition) is 4. The molecular formula is C18H16BrNO4.